The van der Waals surface area contributed by atoms with Crippen molar-refractivity contribution >= 4 is 23.0 Å². The predicted molar refractivity (Wildman–Crippen MR) is 89.8 cm³/mol. The Hall–Kier alpha value is -3.29. The lowest BCUT2D eigenvalue weighted by molar-refractivity contribution is -0.384. The number of hydrogen-bond acceptors (Lipinski definition) is 6. The Bertz CT molecular complexity index is 731. The van der Waals surface area contributed by atoms with Gasteiger partial charge in [0.05, 0.1) is 31.4 Å². The van der Waals surface area contributed by atoms with Crippen LogP contribution in [0.2, 0.25) is 0 Å². The number of non-ortho nitro benzene ring substituents is 1. The van der Waals surface area contributed by atoms with Crippen molar-refractivity contribution in [3.63, 3.8) is 0 Å². The van der Waals surface area contributed by atoms with Crippen molar-refractivity contribution in [2.75, 3.05) is 31.4 Å². The minimum atomic E-state index is -0.480. The van der Waals surface area contributed by atoms with E-state index in [2.05, 4.69) is 10.6 Å². The molecule has 0 saturated heterocycles. The lowest BCUT2D eigenvalue weighted by Gasteiger charge is -2.12. The van der Waals surface area contributed by atoms with Crippen LogP contribution in [0.15, 0.2) is 42.5 Å². The van der Waals surface area contributed by atoms with Crippen molar-refractivity contribution in [1.29, 1.82) is 0 Å². The summed E-state index contributed by atoms with van der Waals surface area (Å²) in [6.45, 7) is 0.00694. The molecule has 1 amide bonds. The lowest BCUT2D eigenvalue weighted by Crippen LogP contribution is -2.22. The number of rotatable bonds is 7. The van der Waals surface area contributed by atoms with E-state index in [0.29, 0.717) is 22.9 Å². The summed E-state index contributed by atoms with van der Waals surface area (Å²) in [4.78, 5) is 22.1. The van der Waals surface area contributed by atoms with Crippen molar-refractivity contribution in [3.05, 3.63) is 52.6 Å². The average Bonchev–Trinajstić information content (AvgIpc) is 2.60. The molecule has 0 bridgehead atoms. The molecule has 126 valence electrons. The summed E-state index contributed by atoms with van der Waals surface area (Å²) in [7, 11) is 3.04. The molecule has 2 N–H and O–H groups in total. The second kappa shape index (κ2) is 7.82. The lowest BCUT2D eigenvalue weighted by atomic mass is 10.2. The zero-order chi connectivity index (χ0) is 17.5. The topological polar surface area (TPSA) is 103 Å². The highest BCUT2D eigenvalue weighted by molar-refractivity contribution is 5.95. The van der Waals surface area contributed by atoms with E-state index in [4.69, 9.17) is 9.47 Å². The number of nitro groups is 1. The van der Waals surface area contributed by atoms with Gasteiger partial charge in [-0.1, -0.05) is 0 Å². The van der Waals surface area contributed by atoms with E-state index in [1.807, 2.05) is 0 Å². The minimum absolute atomic E-state index is 0.00651. The highest BCUT2D eigenvalue weighted by Gasteiger charge is 2.09. The molecule has 8 nitrogen and oxygen atoms in total. The quantitative estimate of drug-likeness (QED) is 0.597. The third-order valence-electron chi connectivity index (χ3n) is 3.21. The number of nitro benzene ring substituents is 1. The molecule has 24 heavy (non-hydrogen) atoms. The fourth-order valence-corrected chi connectivity index (χ4v) is 1.98. The number of carbonyl (C=O) groups is 1. The highest BCUT2D eigenvalue weighted by Crippen LogP contribution is 2.28. The maximum atomic E-state index is 12.0. The van der Waals surface area contributed by atoms with Gasteiger partial charge in [0.15, 0.2) is 0 Å². The Balaban J connectivity index is 1.94. The van der Waals surface area contributed by atoms with E-state index in [0.717, 1.165) is 0 Å². The van der Waals surface area contributed by atoms with Gasteiger partial charge in [-0.25, -0.2) is 0 Å². The molecule has 8 heteroatoms. The van der Waals surface area contributed by atoms with Gasteiger partial charge in [-0.15, -0.1) is 0 Å². The Morgan fingerprint density at radius 2 is 1.83 bits per heavy atom. The molecule has 0 fully saturated rings. The number of nitrogens with one attached hydrogen (secondary N) is 2. The average molecular weight is 331 g/mol. The predicted octanol–water partition coefficient (Wildman–Crippen LogP) is 2.66. The molecule has 0 unspecified atom stereocenters. The first-order chi connectivity index (χ1) is 11.5. The number of nitrogens with zero attached hydrogens (tertiary/aromatic N) is 1. The van der Waals surface area contributed by atoms with Gasteiger partial charge in [0.1, 0.15) is 11.5 Å². The fourth-order valence-electron chi connectivity index (χ4n) is 1.98. The van der Waals surface area contributed by atoms with Gasteiger partial charge in [-0.3, -0.25) is 14.9 Å². The van der Waals surface area contributed by atoms with Crippen LogP contribution in [0, 0.1) is 10.1 Å². The van der Waals surface area contributed by atoms with Crippen molar-refractivity contribution in [2.45, 2.75) is 0 Å². The van der Waals surface area contributed by atoms with Gasteiger partial charge < -0.3 is 20.1 Å². The van der Waals surface area contributed by atoms with Crippen LogP contribution in [0.1, 0.15) is 0 Å². The molecule has 0 heterocycles. The van der Waals surface area contributed by atoms with E-state index < -0.39 is 4.92 Å². The monoisotopic (exact) mass is 331 g/mol. The molecule has 0 saturated carbocycles. The maximum Gasteiger partial charge on any atom is 0.269 e. The van der Waals surface area contributed by atoms with Gasteiger partial charge in [-0.05, 0) is 24.3 Å². The first-order valence-electron chi connectivity index (χ1n) is 7.03. The van der Waals surface area contributed by atoms with Crippen LogP contribution in [0.5, 0.6) is 11.5 Å². The summed E-state index contributed by atoms with van der Waals surface area (Å²) in [5, 5.41) is 16.2. The van der Waals surface area contributed by atoms with E-state index in [9.17, 15) is 14.9 Å². The van der Waals surface area contributed by atoms with Crippen LogP contribution < -0.4 is 20.1 Å². The van der Waals surface area contributed by atoms with Crippen LogP contribution in [0.25, 0.3) is 0 Å². The molecule has 0 aromatic heterocycles. The molecular weight excluding hydrogens is 314 g/mol. The molecule has 0 spiro atoms. The molecule has 0 aliphatic carbocycles. The van der Waals surface area contributed by atoms with Crippen LogP contribution in [-0.4, -0.2) is 31.6 Å². The smallest absolute Gasteiger partial charge is 0.269 e. The SMILES string of the molecule is COc1ccc(NC(=O)CNc2ccc([N+](=O)[O-])cc2)c(OC)c1. The van der Waals surface area contributed by atoms with Crippen molar-refractivity contribution in [3.8, 4) is 11.5 Å². The van der Waals surface area contributed by atoms with Gasteiger partial charge in [0.2, 0.25) is 5.91 Å². The van der Waals surface area contributed by atoms with Crippen LogP contribution in [-0.2, 0) is 4.79 Å². The number of amides is 1. The molecular formula is C16H17N3O5. The van der Waals surface area contributed by atoms with E-state index in [-0.39, 0.29) is 18.1 Å². The standard InChI is InChI=1S/C16H17N3O5/c1-23-13-7-8-14(15(9-13)24-2)18-16(20)10-17-11-3-5-12(6-4-11)19(21)22/h3-9,17H,10H2,1-2H3,(H,18,20). The van der Waals surface area contributed by atoms with E-state index in [1.165, 1.54) is 19.2 Å². The van der Waals surface area contributed by atoms with Gasteiger partial charge >= 0.3 is 0 Å². The van der Waals surface area contributed by atoms with Crippen molar-refractivity contribution < 1.29 is 19.2 Å². The number of benzene rings is 2. The Morgan fingerprint density at radius 3 is 2.42 bits per heavy atom. The maximum absolute atomic E-state index is 12.0. The first-order valence-corrected chi connectivity index (χ1v) is 7.03. The molecule has 2 rings (SSSR count). The molecule has 0 aliphatic heterocycles. The zero-order valence-corrected chi connectivity index (χ0v) is 13.2. The van der Waals surface area contributed by atoms with Gasteiger partial charge in [0.25, 0.3) is 5.69 Å². The molecule has 0 aliphatic rings. The third kappa shape index (κ3) is 4.35. The fraction of sp³-hybridized carbons (Fsp3) is 0.188. The third-order valence-corrected chi connectivity index (χ3v) is 3.21. The Labute approximate surface area is 138 Å². The van der Waals surface area contributed by atoms with Crippen LogP contribution in [0.3, 0.4) is 0 Å². The summed E-state index contributed by atoms with van der Waals surface area (Å²) < 4.78 is 10.3. The number of hydrogen-bond donors (Lipinski definition) is 2. The summed E-state index contributed by atoms with van der Waals surface area (Å²) in [6.07, 6.45) is 0. The van der Waals surface area contributed by atoms with Gasteiger partial charge in [0, 0.05) is 23.9 Å². The second-order valence-corrected chi connectivity index (χ2v) is 4.77. The zero-order valence-electron chi connectivity index (χ0n) is 13.2. The normalized spacial score (nSPS) is 9.92. The Kier molecular flexibility index (Phi) is 5.56. The van der Waals surface area contributed by atoms with E-state index in [1.54, 1.807) is 37.4 Å². The summed E-state index contributed by atoms with van der Waals surface area (Å²) in [5.74, 6) is 0.823. The van der Waals surface area contributed by atoms with Gasteiger partial charge in [-0.2, -0.15) is 0 Å². The van der Waals surface area contributed by atoms with Crippen LogP contribution in [0.4, 0.5) is 17.1 Å². The second-order valence-electron chi connectivity index (χ2n) is 4.77. The molecule has 2 aromatic rings. The number of ether oxygens (including phenoxy) is 2. The molecule has 2 aromatic carbocycles. The van der Waals surface area contributed by atoms with Crippen molar-refractivity contribution in [1.82, 2.24) is 0 Å². The summed E-state index contributed by atoms with van der Waals surface area (Å²) >= 11 is 0. The van der Waals surface area contributed by atoms with E-state index >= 15 is 0 Å². The van der Waals surface area contributed by atoms with Crippen LogP contribution >= 0.6 is 0 Å². The first kappa shape index (κ1) is 17.1. The Morgan fingerprint density at radius 1 is 1.12 bits per heavy atom. The number of methoxy groups -OCH3 is 2. The number of anilines is 2. The largest absolute Gasteiger partial charge is 0.497 e. The number of carbonyl (C=O) groups excluding carboxylic acids is 1. The molecule has 0 radical (unpaired) electrons. The summed E-state index contributed by atoms with van der Waals surface area (Å²) in [6, 6.07) is 10.9. The minimum Gasteiger partial charge on any atom is -0.497 e. The summed E-state index contributed by atoms with van der Waals surface area (Å²) in [5.41, 5.74) is 1.12. The molecule has 0 atom stereocenters. The van der Waals surface area contributed by atoms with Crippen molar-refractivity contribution in [2.24, 2.45) is 0 Å². The highest BCUT2D eigenvalue weighted by atomic mass is 16.6.